The van der Waals surface area contributed by atoms with E-state index in [4.69, 9.17) is 0 Å². The Bertz CT molecular complexity index is 1310. The van der Waals surface area contributed by atoms with E-state index in [-0.39, 0.29) is 17.9 Å². The third kappa shape index (κ3) is 4.00. The van der Waals surface area contributed by atoms with Crippen LogP contribution in [0.25, 0.3) is 10.9 Å². The van der Waals surface area contributed by atoms with Crippen molar-refractivity contribution < 1.29 is 13.6 Å². The van der Waals surface area contributed by atoms with Crippen molar-refractivity contribution in [1.82, 2.24) is 9.13 Å². The Morgan fingerprint density at radius 1 is 1.00 bits per heavy atom. The number of aromatic nitrogens is 2. The first-order valence-corrected chi connectivity index (χ1v) is 9.39. The van der Waals surface area contributed by atoms with E-state index in [1.54, 1.807) is 60.3 Å². The van der Waals surface area contributed by atoms with Gasteiger partial charge in [0.2, 0.25) is 5.91 Å². The smallest absolute Gasteiger partial charge is 0.275 e. The monoisotopic (exact) mass is 407 g/mol. The fourth-order valence-electron chi connectivity index (χ4n) is 3.36. The summed E-state index contributed by atoms with van der Waals surface area (Å²) in [6.45, 7) is 1.75. The van der Waals surface area contributed by atoms with Crippen LogP contribution < -0.4 is 10.9 Å². The second-order valence-electron chi connectivity index (χ2n) is 7.14. The first-order valence-electron chi connectivity index (χ1n) is 9.39. The lowest BCUT2D eigenvalue weighted by molar-refractivity contribution is -0.116. The highest BCUT2D eigenvalue weighted by Crippen LogP contribution is 2.16. The summed E-state index contributed by atoms with van der Waals surface area (Å²) in [6, 6.07) is 14.1. The predicted octanol–water partition coefficient (Wildman–Crippen LogP) is 4.08. The van der Waals surface area contributed by atoms with Gasteiger partial charge in [0.1, 0.15) is 23.7 Å². The SMILES string of the molecule is Cc1ccc(NC(=O)Cn2ccc3ccn(Cc4cccc(F)c4)c3c2=O)cc1F. The normalized spacial score (nSPS) is 11.0. The Balaban J connectivity index is 1.59. The number of halogens is 2. The number of fused-ring (bicyclic) bond motifs is 1. The Hall–Kier alpha value is -3.74. The standard InChI is InChI=1S/C23H19F2N3O2/c1-15-5-6-19(12-20(15)25)26-21(29)14-28-10-8-17-7-9-27(22(17)23(28)30)13-16-3-2-4-18(24)11-16/h2-12H,13-14H2,1H3,(H,26,29). The van der Waals surface area contributed by atoms with Crippen molar-refractivity contribution in [2.24, 2.45) is 0 Å². The van der Waals surface area contributed by atoms with Crippen LogP contribution in [-0.4, -0.2) is 15.0 Å². The molecule has 2 heterocycles. The molecule has 0 radical (unpaired) electrons. The average Bonchev–Trinajstić information content (AvgIpc) is 3.10. The maximum atomic E-state index is 13.7. The molecule has 5 nitrogen and oxygen atoms in total. The third-order valence-corrected chi connectivity index (χ3v) is 4.90. The highest BCUT2D eigenvalue weighted by Gasteiger charge is 2.12. The quantitative estimate of drug-likeness (QED) is 0.542. The molecular weight excluding hydrogens is 388 g/mol. The van der Waals surface area contributed by atoms with E-state index in [0.29, 0.717) is 23.3 Å². The summed E-state index contributed by atoms with van der Waals surface area (Å²) >= 11 is 0. The van der Waals surface area contributed by atoms with Crippen molar-refractivity contribution in [2.45, 2.75) is 20.0 Å². The molecule has 0 aliphatic rings. The highest BCUT2D eigenvalue weighted by atomic mass is 19.1. The fraction of sp³-hybridized carbons (Fsp3) is 0.130. The van der Waals surface area contributed by atoms with Gasteiger partial charge in [-0.15, -0.1) is 0 Å². The molecular formula is C23H19F2N3O2. The van der Waals surface area contributed by atoms with Crippen molar-refractivity contribution in [3.63, 3.8) is 0 Å². The molecule has 152 valence electrons. The lowest BCUT2D eigenvalue weighted by Gasteiger charge is -2.10. The maximum absolute atomic E-state index is 13.7. The summed E-state index contributed by atoms with van der Waals surface area (Å²) in [5, 5.41) is 3.33. The van der Waals surface area contributed by atoms with Crippen LogP contribution in [0.2, 0.25) is 0 Å². The van der Waals surface area contributed by atoms with E-state index in [2.05, 4.69) is 5.32 Å². The molecule has 0 spiro atoms. The second-order valence-corrected chi connectivity index (χ2v) is 7.14. The van der Waals surface area contributed by atoms with Crippen molar-refractivity contribution in [2.75, 3.05) is 5.32 Å². The summed E-state index contributed by atoms with van der Waals surface area (Å²) < 4.78 is 30.2. The molecule has 0 unspecified atom stereocenters. The molecule has 0 aliphatic heterocycles. The Labute approximate surface area is 171 Å². The number of aryl methyl sites for hydroxylation is 1. The minimum absolute atomic E-state index is 0.213. The number of carbonyl (C=O) groups excluding carboxylic acids is 1. The van der Waals surface area contributed by atoms with E-state index in [0.717, 1.165) is 10.9 Å². The Kier molecular flexibility index (Phi) is 5.18. The van der Waals surface area contributed by atoms with Crippen LogP contribution in [0.4, 0.5) is 14.5 Å². The molecule has 1 N–H and O–H groups in total. The number of amides is 1. The van der Waals surface area contributed by atoms with Crippen LogP contribution >= 0.6 is 0 Å². The van der Waals surface area contributed by atoms with Gasteiger partial charge in [-0.2, -0.15) is 0 Å². The molecule has 4 aromatic rings. The van der Waals surface area contributed by atoms with Gasteiger partial charge in [-0.1, -0.05) is 18.2 Å². The van der Waals surface area contributed by atoms with Crippen molar-refractivity contribution in [1.29, 1.82) is 0 Å². The van der Waals surface area contributed by atoms with Crippen LogP contribution in [-0.2, 0) is 17.9 Å². The van der Waals surface area contributed by atoms with E-state index in [1.807, 2.05) is 0 Å². The summed E-state index contributed by atoms with van der Waals surface area (Å²) in [6.07, 6.45) is 3.31. The van der Waals surface area contributed by atoms with E-state index >= 15 is 0 Å². The Morgan fingerprint density at radius 3 is 2.50 bits per heavy atom. The van der Waals surface area contributed by atoms with Gasteiger partial charge in [0.15, 0.2) is 0 Å². The van der Waals surface area contributed by atoms with Crippen molar-refractivity contribution >= 4 is 22.5 Å². The van der Waals surface area contributed by atoms with Crippen LogP contribution in [0, 0.1) is 18.6 Å². The van der Waals surface area contributed by atoms with Crippen molar-refractivity contribution in [3.05, 3.63) is 100 Å². The highest BCUT2D eigenvalue weighted by molar-refractivity contribution is 5.90. The van der Waals surface area contributed by atoms with Crippen LogP contribution in [0.3, 0.4) is 0 Å². The second kappa shape index (κ2) is 7.94. The van der Waals surface area contributed by atoms with Crippen LogP contribution in [0.15, 0.2) is 71.8 Å². The number of nitrogens with zero attached hydrogens (tertiary/aromatic N) is 2. The summed E-state index contributed by atoms with van der Waals surface area (Å²) in [4.78, 5) is 25.4. The minimum atomic E-state index is -0.442. The maximum Gasteiger partial charge on any atom is 0.275 e. The number of anilines is 1. The van der Waals surface area contributed by atoms with Gasteiger partial charge in [-0.25, -0.2) is 8.78 Å². The molecule has 1 amide bonds. The number of carbonyl (C=O) groups is 1. The number of hydrogen-bond acceptors (Lipinski definition) is 2. The zero-order valence-electron chi connectivity index (χ0n) is 16.2. The van der Waals surface area contributed by atoms with E-state index in [1.165, 1.54) is 22.8 Å². The molecule has 0 fully saturated rings. The van der Waals surface area contributed by atoms with E-state index in [9.17, 15) is 18.4 Å². The molecule has 0 aliphatic carbocycles. The lowest BCUT2D eigenvalue weighted by Crippen LogP contribution is -2.28. The zero-order valence-corrected chi connectivity index (χ0v) is 16.2. The molecule has 7 heteroatoms. The molecule has 0 atom stereocenters. The minimum Gasteiger partial charge on any atom is -0.339 e. The lowest BCUT2D eigenvalue weighted by atomic mass is 10.2. The zero-order chi connectivity index (χ0) is 21.3. The number of benzene rings is 2. The van der Waals surface area contributed by atoms with Gasteiger partial charge in [0.25, 0.3) is 5.56 Å². The summed E-state index contributed by atoms with van der Waals surface area (Å²) in [7, 11) is 0. The van der Waals surface area contributed by atoms with Gasteiger partial charge in [0, 0.05) is 30.0 Å². The number of nitrogens with one attached hydrogen (secondary N) is 1. The third-order valence-electron chi connectivity index (χ3n) is 4.90. The van der Waals surface area contributed by atoms with Crippen LogP contribution in [0.1, 0.15) is 11.1 Å². The van der Waals surface area contributed by atoms with Crippen LogP contribution in [0.5, 0.6) is 0 Å². The van der Waals surface area contributed by atoms with Gasteiger partial charge in [-0.3, -0.25) is 9.59 Å². The van der Waals surface area contributed by atoms with Gasteiger partial charge >= 0.3 is 0 Å². The van der Waals surface area contributed by atoms with E-state index < -0.39 is 11.7 Å². The van der Waals surface area contributed by atoms with Crippen molar-refractivity contribution in [3.8, 4) is 0 Å². The van der Waals surface area contributed by atoms with Gasteiger partial charge < -0.3 is 14.5 Å². The molecule has 0 saturated carbocycles. The number of hydrogen-bond donors (Lipinski definition) is 1. The fourth-order valence-corrected chi connectivity index (χ4v) is 3.36. The largest absolute Gasteiger partial charge is 0.339 e. The number of pyridine rings is 1. The Morgan fingerprint density at radius 2 is 1.77 bits per heavy atom. The van der Waals surface area contributed by atoms with Gasteiger partial charge in [0.05, 0.1) is 0 Å². The summed E-state index contributed by atoms with van der Waals surface area (Å²) in [5.41, 5.74) is 1.62. The topological polar surface area (TPSA) is 56.0 Å². The summed E-state index contributed by atoms with van der Waals surface area (Å²) in [5.74, 6) is -1.20. The predicted molar refractivity (Wildman–Crippen MR) is 111 cm³/mol. The first kappa shape index (κ1) is 19.6. The van der Waals surface area contributed by atoms with Gasteiger partial charge in [-0.05, 0) is 54.4 Å². The molecule has 4 rings (SSSR count). The molecule has 0 bridgehead atoms. The number of rotatable bonds is 5. The first-order chi connectivity index (χ1) is 14.4. The molecule has 2 aromatic carbocycles. The molecule has 0 saturated heterocycles. The average molecular weight is 407 g/mol. The molecule has 2 aromatic heterocycles. The molecule has 30 heavy (non-hydrogen) atoms.